The number of aromatic nitrogens is 2. The fourth-order valence-electron chi connectivity index (χ4n) is 4.10. The van der Waals surface area contributed by atoms with E-state index in [-0.39, 0.29) is 5.78 Å². The van der Waals surface area contributed by atoms with Gasteiger partial charge in [-0.25, -0.2) is 4.98 Å². The number of imidazole rings is 1. The van der Waals surface area contributed by atoms with E-state index in [0.29, 0.717) is 12.1 Å². The molecule has 0 radical (unpaired) electrons. The Morgan fingerprint density at radius 1 is 0.800 bits per heavy atom. The SMILES string of the molecule is CCCCC(=O)c1cn(C(c2ccccc2)(c2ccccc2)c2ccccc2)cn1. The quantitative estimate of drug-likeness (QED) is 0.267. The Bertz CT molecular complexity index is 989. The molecule has 0 spiro atoms. The van der Waals surface area contributed by atoms with Gasteiger partial charge in [0.1, 0.15) is 11.2 Å². The third-order valence-electron chi connectivity index (χ3n) is 5.59. The molecule has 1 heterocycles. The maximum atomic E-state index is 12.7. The normalized spacial score (nSPS) is 11.4. The van der Waals surface area contributed by atoms with Crippen molar-refractivity contribution >= 4 is 5.78 Å². The van der Waals surface area contributed by atoms with Crippen LogP contribution in [0.2, 0.25) is 0 Å². The van der Waals surface area contributed by atoms with Crippen LogP contribution in [0.25, 0.3) is 0 Å². The minimum Gasteiger partial charge on any atom is -0.318 e. The van der Waals surface area contributed by atoms with Gasteiger partial charge in [0.2, 0.25) is 0 Å². The number of benzene rings is 3. The average Bonchev–Trinajstić information content (AvgIpc) is 3.31. The molecule has 0 saturated heterocycles. The molecule has 4 aromatic rings. The topological polar surface area (TPSA) is 34.9 Å². The van der Waals surface area contributed by atoms with E-state index in [1.165, 1.54) is 0 Å². The van der Waals surface area contributed by atoms with Crippen molar-refractivity contribution in [2.75, 3.05) is 0 Å². The first kappa shape index (κ1) is 19.8. The molecule has 0 aliphatic rings. The highest BCUT2D eigenvalue weighted by Gasteiger charge is 2.38. The summed E-state index contributed by atoms with van der Waals surface area (Å²) in [4.78, 5) is 17.2. The molecule has 0 bridgehead atoms. The van der Waals surface area contributed by atoms with Crippen LogP contribution in [0, 0.1) is 0 Å². The summed E-state index contributed by atoms with van der Waals surface area (Å²) in [6.07, 6.45) is 6.11. The van der Waals surface area contributed by atoms with E-state index in [2.05, 4.69) is 89.3 Å². The lowest BCUT2D eigenvalue weighted by atomic mass is 9.77. The summed E-state index contributed by atoms with van der Waals surface area (Å²) in [7, 11) is 0. The van der Waals surface area contributed by atoms with Crippen LogP contribution >= 0.6 is 0 Å². The Morgan fingerprint density at radius 2 is 1.27 bits per heavy atom. The molecule has 0 amide bonds. The Labute approximate surface area is 178 Å². The van der Waals surface area contributed by atoms with Crippen LogP contribution in [0.4, 0.5) is 0 Å². The molecule has 0 N–H and O–H groups in total. The Hall–Kier alpha value is -3.46. The third-order valence-corrected chi connectivity index (χ3v) is 5.59. The summed E-state index contributed by atoms with van der Waals surface area (Å²) >= 11 is 0. The van der Waals surface area contributed by atoms with E-state index in [1.54, 1.807) is 6.33 Å². The summed E-state index contributed by atoms with van der Waals surface area (Å²) in [5.74, 6) is 0.0960. The minimum atomic E-state index is -0.625. The molecule has 3 aromatic carbocycles. The number of hydrogen-bond acceptors (Lipinski definition) is 2. The maximum absolute atomic E-state index is 12.7. The molecule has 3 nitrogen and oxygen atoms in total. The highest BCUT2D eigenvalue weighted by atomic mass is 16.1. The standard InChI is InChI=1S/C27H26N2O/c1-2-3-19-26(30)25-20-29(21-28-25)27(22-13-7-4-8-14-22,23-15-9-5-10-16-23)24-17-11-6-12-18-24/h4-18,20-21H,2-3,19H2,1H3. The highest BCUT2D eigenvalue weighted by Crippen LogP contribution is 2.40. The molecule has 0 aliphatic carbocycles. The molecule has 0 fully saturated rings. The third kappa shape index (κ3) is 3.59. The van der Waals surface area contributed by atoms with Crippen LogP contribution in [0.15, 0.2) is 104 Å². The molecule has 0 atom stereocenters. The van der Waals surface area contributed by atoms with Gasteiger partial charge < -0.3 is 4.57 Å². The first-order valence-electron chi connectivity index (χ1n) is 10.5. The van der Waals surface area contributed by atoms with Crippen LogP contribution in [0.5, 0.6) is 0 Å². The zero-order valence-electron chi connectivity index (χ0n) is 17.2. The van der Waals surface area contributed by atoms with Crippen molar-refractivity contribution in [1.29, 1.82) is 0 Å². The molecule has 0 aliphatic heterocycles. The van der Waals surface area contributed by atoms with Crippen LogP contribution in [0.3, 0.4) is 0 Å². The van der Waals surface area contributed by atoms with Gasteiger partial charge in [0.15, 0.2) is 5.78 Å². The number of rotatable bonds is 8. The molecular formula is C27H26N2O. The lowest BCUT2D eigenvalue weighted by Crippen LogP contribution is -2.37. The van der Waals surface area contributed by atoms with E-state index in [9.17, 15) is 4.79 Å². The van der Waals surface area contributed by atoms with Crippen molar-refractivity contribution in [2.24, 2.45) is 0 Å². The van der Waals surface area contributed by atoms with Gasteiger partial charge in [-0.1, -0.05) is 104 Å². The zero-order chi connectivity index (χ0) is 20.8. The van der Waals surface area contributed by atoms with Crippen molar-refractivity contribution in [3.63, 3.8) is 0 Å². The summed E-state index contributed by atoms with van der Waals surface area (Å²) in [6.45, 7) is 2.09. The van der Waals surface area contributed by atoms with Crippen molar-refractivity contribution in [1.82, 2.24) is 9.55 Å². The summed E-state index contributed by atoms with van der Waals surface area (Å²) < 4.78 is 2.09. The van der Waals surface area contributed by atoms with Crippen molar-refractivity contribution in [3.8, 4) is 0 Å². The van der Waals surface area contributed by atoms with Gasteiger partial charge in [-0.05, 0) is 23.1 Å². The molecule has 4 rings (SSSR count). The first-order valence-corrected chi connectivity index (χ1v) is 10.5. The number of nitrogens with zero attached hydrogens (tertiary/aromatic N) is 2. The van der Waals surface area contributed by atoms with Crippen molar-refractivity contribution in [2.45, 2.75) is 31.7 Å². The second-order valence-electron chi connectivity index (χ2n) is 7.50. The number of ketones is 1. The number of unbranched alkanes of at least 4 members (excludes halogenated alkanes) is 1. The second kappa shape index (κ2) is 8.91. The molecule has 30 heavy (non-hydrogen) atoms. The van der Waals surface area contributed by atoms with Crippen molar-refractivity contribution < 1.29 is 4.79 Å². The van der Waals surface area contributed by atoms with Crippen LogP contribution in [-0.4, -0.2) is 15.3 Å². The fraction of sp³-hybridized carbons (Fsp3) is 0.185. The highest BCUT2D eigenvalue weighted by molar-refractivity contribution is 5.94. The number of hydrogen-bond donors (Lipinski definition) is 0. The summed E-state index contributed by atoms with van der Waals surface area (Å²) in [5.41, 5.74) is 3.25. The maximum Gasteiger partial charge on any atom is 0.182 e. The van der Waals surface area contributed by atoms with E-state index in [0.717, 1.165) is 29.5 Å². The van der Waals surface area contributed by atoms with Gasteiger partial charge in [-0.15, -0.1) is 0 Å². The van der Waals surface area contributed by atoms with E-state index in [4.69, 9.17) is 0 Å². The molecular weight excluding hydrogens is 368 g/mol. The Balaban J connectivity index is 1.97. The predicted molar refractivity (Wildman–Crippen MR) is 121 cm³/mol. The van der Waals surface area contributed by atoms with Gasteiger partial charge in [-0.3, -0.25) is 4.79 Å². The van der Waals surface area contributed by atoms with Gasteiger partial charge >= 0.3 is 0 Å². The van der Waals surface area contributed by atoms with E-state index < -0.39 is 5.54 Å². The lowest BCUT2D eigenvalue weighted by molar-refractivity contribution is 0.0975. The number of Topliss-reactive ketones (excluding diaryl/α,β-unsaturated/α-hetero) is 1. The largest absolute Gasteiger partial charge is 0.318 e. The molecule has 0 unspecified atom stereocenters. The summed E-state index contributed by atoms with van der Waals surface area (Å²) in [6, 6.07) is 31.2. The molecule has 1 aromatic heterocycles. The Kier molecular flexibility index (Phi) is 5.89. The minimum absolute atomic E-state index is 0.0960. The number of carbonyl (C=O) groups excluding carboxylic acids is 1. The van der Waals surface area contributed by atoms with E-state index in [1.807, 2.05) is 24.4 Å². The first-order chi connectivity index (χ1) is 14.8. The molecule has 0 saturated carbocycles. The molecule has 3 heteroatoms. The fourth-order valence-corrected chi connectivity index (χ4v) is 4.10. The molecule has 150 valence electrons. The van der Waals surface area contributed by atoms with Gasteiger partial charge in [0.05, 0.1) is 6.33 Å². The zero-order valence-corrected chi connectivity index (χ0v) is 17.2. The van der Waals surface area contributed by atoms with Gasteiger partial charge in [0, 0.05) is 12.6 Å². The lowest BCUT2D eigenvalue weighted by Gasteiger charge is -2.37. The second-order valence-corrected chi connectivity index (χ2v) is 7.50. The summed E-state index contributed by atoms with van der Waals surface area (Å²) in [5, 5.41) is 0. The van der Waals surface area contributed by atoms with Gasteiger partial charge in [0.25, 0.3) is 0 Å². The van der Waals surface area contributed by atoms with Crippen molar-refractivity contribution in [3.05, 3.63) is 126 Å². The average molecular weight is 395 g/mol. The van der Waals surface area contributed by atoms with E-state index >= 15 is 0 Å². The van der Waals surface area contributed by atoms with Crippen LogP contribution in [0.1, 0.15) is 53.4 Å². The smallest absolute Gasteiger partial charge is 0.182 e. The van der Waals surface area contributed by atoms with Crippen LogP contribution in [-0.2, 0) is 5.54 Å². The van der Waals surface area contributed by atoms with Gasteiger partial charge in [-0.2, -0.15) is 0 Å². The predicted octanol–water partition coefficient (Wildman–Crippen LogP) is 6.10. The monoisotopic (exact) mass is 394 g/mol. The number of carbonyl (C=O) groups is 1. The Morgan fingerprint density at radius 3 is 1.70 bits per heavy atom. The van der Waals surface area contributed by atoms with Crippen LogP contribution < -0.4 is 0 Å².